The lowest BCUT2D eigenvalue weighted by atomic mass is 9.94. The SMILES string of the molecule is O=C(NC1CCCCC1)[C@@H](c1ccc(F)cc1)N(CCc1ccccc1Cl)C(=O)CCl. The maximum Gasteiger partial charge on any atom is 0.247 e. The van der Waals surface area contributed by atoms with E-state index in [1.807, 2.05) is 18.2 Å². The molecule has 31 heavy (non-hydrogen) atoms. The van der Waals surface area contributed by atoms with Crippen molar-refractivity contribution in [2.75, 3.05) is 12.4 Å². The van der Waals surface area contributed by atoms with Crippen LogP contribution in [0.4, 0.5) is 4.39 Å². The summed E-state index contributed by atoms with van der Waals surface area (Å²) in [7, 11) is 0. The predicted octanol–water partition coefficient (Wildman–Crippen LogP) is 5.28. The molecule has 0 aromatic heterocycles. The van der Waals surface area contributed by atoms with Gasteiger partial charge in [0.15, 0.2) is 0 Å². The van der Waals surface area contributed by atoms with Crippen LogP contribution in [-0.2, 0) is 16.0 Å². The second-order valence-electron chi connectivity index (χ2n) is 7.86. The highest BCUT2D eigenvalue weighted by molar-refractivity contribution is 6.31. The molecule has 166 valence electrons. The number of carbonyl (C=O) groups excluding carboxylic acids is 2. The molecule has 0 radical (unpaired) electrons. The first kappa shape index (κ1) is 23.6. The summed E-state index contributed by atoms with van der Waals surface area (Å²) in [5.74, 6) is -1.28. The molecular weight excluding hydrogens is 438 g/mol. The summed E-state index contributed by atoms with van der Waals surface area (Å²) in [5.41, 5.74) is 1.43. The lowest BCUT2D eigenvalue weighted by molar-refractivity contribution is -0.139. The van der Waals surface area contributed by atoms with Gasteiger partial charge in [0.1, 0.15) is 17.7 Å². The Morgan fingerprint density at radius 3 is 2.39 bits per heavy atom. The Morgan fingerprint density at radius 2 is 1.74 bits per heavy atom. The smallest absolute Gasteiger partial charge is 0.247 e. The lowest BCUT2D eigenvalue weighted by Crippen LogP contribution is -2.48. The van der Waals surface area contributed by atoms with E-state index in [1.165, 1.54) is 23.5 Å². The number of nitrogens with zero attached hydrogens (tertiary/aromatic N) is 1. The summed E-state index contributed by atoms with van der Waals surface area (Å²) >= 11 is 12.2. The highest BCUT2D eigenvalue weighted by Crippen LogP contribution is 2.26. The molecule has 4 nitrogen and oxygen atoms in total. The summed E-state index contributed by atoms with van der Waals surface area (Å²) < 4.78 is 13.5. The van der Waals surface area contributed by atoms with Crippen LogP contribution in [0.3, 0.4) is 0 Å². The Hall–Kier alpha value is -2.11. The van der Waals surface area contributed by atoms with Crippen molar-refractivity contribution < 1.29 is 14.0 Å². The minimum Gasteiger partial charge on any atom is -0.351 e. The third-order valence-corrected chi connectivity index (χ3v) is 6.31. The van der Waals surface area contributed by atoms with E-state index in [0.29, 0.717) is 17.0 Å². The zero-order valence-electron chi connectivity index (χ0n) is 17.3. The number of rotatable bonds is 8. The van der Waals surface area contributed by atoms with Gasteiger partial charge in [-0.15, -0.1) is 11.6 Å². The molecule has 1 saturated carbocycles. The van der Waals surface area contributed by atoms with Gasteiger partial charge in [0.2, 0.25) is 11.8 Å². The number of halogens is 3. The predicted molar refractivity (Wildman–Crippen MR) is 122 cm³/mol. The van der Waals surface area contributed by atoms with E-state index in [1.54, 1.807) is 18.2 Å². The number of amides is 2. The maximum absolute atomic E-state index is 13.5. The summed E-state index contributed by atoms with van der Waals surface area (Å²) in [6, 6.07) is 12.3. The van der Waals surface area contributed by atoms with Crippen LogP contribution >= 0.6 is 23.2 Å². The second kappa shape index (κ2) is 11.5. The van der Waals surface area contributed by atoms with Crippen molar-refractivity contribution in [2.45, 2.75) is 50.6 Å². The molecule has 1 aliphatic carbocycles. The molecule has 0 spiro atoms. The summed E-state index contributed by atoms with van der Waals surface area (Å²) in [5, 5.41) is 3.71. The van der Waals surface area contributed by atoms with E-state index in [-0.39, 0.29) is 30.3 Å². The Morgan fingerprint density at radius 1 is 1.06 bits per heavy atom. The van der Waals surface area contributed by atoms with Gasteiger partial charge in [-0.3, -0.25) is 9.59 Å². The molecule has 0 bridgehead atoms. The van der Waals surface area contributed by atoms with E-state index in [2.05, 4.69) is 5.32 Å². The minimum atomic E-state index is -0.892. The number of hydrogen-bond acceptors (Lipinski definition) is 2. The van der Waals surface area contributed by atoms with Gasteiger partial charge in [-0.2, -0.15) is 0 Å². The maximum atomic E-state index is 13.5. The summed E-state index contributed by atoms with van der Waals surface area (Å²) in [6.45, 7) is 0.259. The van der Waals surface area contributed by atoms with Crippen LogP contribution in [0.1, 0.15) is 49.3 Å². The number of nitrogens with one attached hydrogen (secondary N) is 1. The largest absolute Gasteiger partial charge is 0.351 e. The summed E-state index contributed by atoms with van der Waals surface area (Å²) in [6.07, 6.45) is 5.63. The Labute approximate surface area is 192 Å². The second-order valence-corrected chi connectivity index (χ2v) is 8.53. The molecule has 3 rings (SSSR count). The van der Waals surface area contributed by atoms with Crippen LogP contribution in [-0.4, -0.2) is 35.2 Å². The van der Waals surface area contributed by atoms with Crippen LogP contribution in [0, 0.1) is 5.82 Å². The molecule has 2 aromatic rings. The molecule has 1 fully saturated rings. The van der Waals surface area contributed by atoms with Gasteiger partial charge < -0.3 is 10.2 Å². The van der Waals surface area contributed by atoms with Crippen LogP contribution < -0.4 is 5.32 Å². The van der Waals surface area contributed by atoms with Gasteiger partial charge in [0.05, 0.1) is 0 Å². The van der Waals surface area contributed by atoms with E-state index < -0.39 is 11.9 Å². The highest BCUT2D eigenvalue weighted by Gasteiger charge is 2.32. The highest BCUT2D eigenvalue weighted by atomic mass is 35.5. The molecule has 0 aliphatic heterocycles. The average Bonchev–Trinajstić information content (AvgIpc) is 2.78. The van der Waals surface area contributed by atoms with E-state index in [0.717, 1.165) is 31.2 Å². The van der Waals surface area contributed by atoms with Crippen molar-refractivity contribution in [2.24, 2.45) is 0 Å². The summed E-state index contributed by atoms with van der Waals surface area (Å²) in [4.78, 5) is 27.6. The van der Waals surface area contributed by atoms with Crippen molar-refractivity contribution in [1.82, 2.24) is 10.2 Å². The monoisotopic (exact) mass is 464 g/mol. The van der Waals surface area contributed by atoms with Gasteiger partial charge in [-0.05, 0) is 48.6 Å². The standard InChI is InChI=1S/C24H27Cl2FN2O2/c25-16-22(30)29(15-14-17-6-4-5-9-21(17)26)23(18-10-12-19(27)13-11-18)24(31)28-20-7-2-1-3-8-20/h4-6,9-13,20,23H,1-3,7-8,14-16H2,(H,28,31)/t23-/m1/s1. The molecule has 1 aliphatic rings. The molecular formula is C24H27Cl2FN2O2. The van der Waals surface area contributed by atoms with Crippen LogP contribution in [0.2, 0.25) is 5.02 Å². The van der Waals surface area contributed by atoms with Crippen molar-refractivity contribution in [1.29, 1.82) is 0 Å². The van der Waals surface area contributed by atoms with Crippen molar-refractivity contribution in [3.63, 3.8) is 0 Å². The first-order valence-electron chi connectivity index (χ1n) is 10.6. The molecule has 0 heterocycles. The molecule has 2 aromatic carbocycles. The number of hydrogen-bond donors (Lipinski definition) is 1. The number of carbonyl (C=O) groups is 2. The topological polar surface area (TPSA) is 49.4 Å². The van der Waals surface area contributed by atoms with E-state index in [4.69, 9.17) is 23.2 Å². The third kappa shape index (κ3) is 6.44. The molecule has 7 heteroatoms. The molecule has 0 saturated heterocycles. The molecule has 2 amide bonds. The molecule has 1 N–H and O–H groups in total. The van der Waals surface area contributed by atoms with Crippen molar-refractivity contribution in [3.8, 4) is 0 Å². The van der Waals surface area contributed by atoms with Crippen LogP contribution in [0.25, 0.3) is 0 Å². The quantitative estimate of drug-likeness (QED) is 0.540. The molecule has 0 unspecified atom stereocenters. The number of alkyl halides is 1. The van der Waals surface area contributed by atoms with Crippen molar-refractivity contribution in [3.05, 3.63) is 70.5 Å². The van der Waals surface area contributed by atoms with Crippen molar-refractivity contribution >= 4 is 35.0 Å². The first-order valence-corrected chi connectivity index (χ1v) is 11.6. The fourth-order valence-corrected chi connectivity index (χ4v) is 4.45. The van der Waals surface area contributed by atoms with Crippen LogP contribution in [0.15, 0.2) is 48.5 Å². The van der Waals surface area contributed by atoms with Gasteiger partial charge >= 0.3 is 0 Å². The van der Waals surface area contributed by atoms with E-state index >= 15 is 0 Å². The Bertz CT molecular complexity index is 885. The van der Waals surface area contributed by atoms with Gasteiger partial charge in [0.25, 0.3) is 0 Å². The minimum absolute atomic E-state index is 0.0840. The Balaban J connectivity index is 1.88. The van der Waals surface area contributed by atoms with Crippen LogP contribution in [0.5, 0.6) is 0 Å². The average molecular weight is 465 g/mol. The fourth-order valence-electron chi connectivity index (χ4n) is 4.06. The lowest BCUT2D eigenvalue weighted by Gasteiger charge is -2.33. The number of benzene rings is 2. The van der Waals surface area contributed by atoms with Gasteiger partial charge in [-0.1, -0.05) is 61.2 Å². The zero-order valence-corrected chi connectivity index (χ0v) is 18.8. The normalized spacial score (nSPS) is 15.3. The fraction of sp³-hybridized carbons (Fsp3) is 0.417. The molecule has 1 atom stereocenters. The first-order chi connectivity index (χ1) is 15.0. The Kier molecular flexibility index (Phi) is 8.73. The van der Waals surface area contributed by atoms with Gasteiger partial charge in [0, 0.05) is 17.6 Å². The van der Waals surface area contributed by atoms with E-state index in [9.17, 15) is 14.0 Å². The third-order valence-electron chi connectivity index (χ3n) is 5.71. The van der Waals surface area contributed by atoms with Gasteiger partial charge in [-0.25, -0.2) is 4.39 Å². The zero-order chi connectivity index (χ0) is 22.2.